The number of ether oxygens (including phenoxy) is 4. The minimum atomic E-state index is -1.55. The zero-order valence-electron chi connectivity index (χ0n) is 36.3. The van der Waals surface area contributed by atoms with Crippen LogP contribution >= 0.6 is 0 Å². The third-order valence-corrected chi connectivity index (χ3v) is 9.81. The fourth-order valence-corrected chi connectivity index (χ4v) is 6.32. The number of rotatable bonds is 37. The molecular weight excluding hydrogens is 733 g/mol. The molecule has 0 saturated carbocycles. The van der Waals surface area contributed by atoms with Crippen LogP contribution in [0.3, 0.4) is 0 Å². The van der Waals surface area contributed by atoms with Crippen molar-refractivity contribution in [2.75, 3.05) is 26.4 Å². The second-order valence-electron chi connectivity index (χ2n) is 15.1. The Balaban J connectivity index is 2.25. The van der Waals surface area contributed by atoms with Gasteiger partial charge in [-0.2, -0.15) is 0 Å². The average molecular weight is 815 g/mol. The summed E-state index contributed by atoms with van der Waals surface area (Å²) in [5.74, 6) is -0.349. The van der Waals surface area contributed by atoms with Crippen LogP contribution in [0.2, 0.25) is 0 Å². The number of unbranched alkanes of at least 4 members (excludes halogenated alkanes) is 12. The van der Waals surface area contributed by atoms with Crippen molar-refractivity contribution in [3.63, 3.8) is 0 Å². The summed E-state index contributed by atoms with van der Waals surface area (Å²) >= 11 is 0. The fourth-order valence-electron chi connectivity index (χ4n) is 6.32. The number of hydrogen-bond donors (Lipinski definition) is 4. The van der Waals surface area contributed by atoms with Gasteiger partial charge in [-0.1, -0.05) is 150 Å². The highest BCUT2D eigenvalue weighted by Crippen LogP contribution is 2.22. The smallest absolute Gasteiger partial charge is 0.306 e. The molecule has 1 fully saturated rings. The Hall–Kier alpha value is -2.63. The molecule has 1 saturated heterocycles. The zero-order chi connectivity index (χ0) is 42.2. The van der Waals surface area contributed by atoms with Crippen LogP contribution in [0.15, 0.2) is 85.1 Å². The van der Waals surface area contributed by atoms with E-state index in [1.54, 1.807) is 0 Å². The van der Waals surface area contributed by atoms with Crippen LogP contribution in [0.25, 0.3) is 0 Å². The van der Waals surface area contributed by atoms with E-state index in [4.69, 9.17) is 18.9 Å². The molecule has 0 radical (unpaired) electrons. The molecule has 1 aliphatic rings. The molecule has 0 amide bonds. The lowest BCUT2D eigenvalue weighted by Gasteiger charge is -2.39. The molecule has 4 N–H and O–H groups in total. The maximum atomic E-state index is 12.7. The number of allylic oxidation sites excluding steroid dienone is 14. The predicted molar refractivity (Wildman–Crippen MR) is 237 cm³/mol. The van der Waals surface area contributed by atoms with Gasteiger partial charge in [0.1, 0.15) is 30.5 Å². The quantitative estimate of drug-likeness (QED) is 0.0275. The minimum absolute atomic E-state index is 0.123. The topological polar surface area (TPSA) is 135 Å². The number of aliphatic hydroxyl groups excluding tert-OH is 4. The normalized spacial score (nSPS) is 21.1. The van der Waals surface area contributed by atoms with Crippen LogP contribution in [0.4, 0.5) is 0 Å². The summed E-state index contributed by atoms with van der Waals surface area (Å²) in [6.45, 7) is 4.26. The van der Waals surface area contributed by atoms with Crippen LogP contribution in [-0.4, -0.2) is 89.6 Å². The standard InChI is InChI=1S/C49H82O9/c1-3-5-7-9-11-13-15-17-18-19-20-21-22-23-24-25-27-29-31-33-35-37-39-55-41-43(42-56-49-48(54)47(53)46(52)44(40-50)58-49)57-45(51)38-36-34-32-30-28-26-16-14-12-10-8-6-4-2/h5-8,11-14,17-18,20-21,26,28,43-44,46-50,52-54H,3-4,9-10,15-16,19,22-25,27,29-42H2,1-2H3/b7-5-,8-6-,13-11-,14-12-,18-17-,21-20-,28-26-. The zero-order valence-corrected chi connectivity index (χ0v) is 36.3. The van der Waals surface area contributed by atoms with Crippen molar-refractivity contribution in [3.05, 3.63) is 85.1 Å². The Labute approximate surface area is 352 Å². The number of aliphatic hydroxyl groups is 4. The summed E-state index contributed by atoms with van der Waals surface area (Å²) in [5, 5.41) is 40.1. The van der Waals surface area contributed by atoms with Gasteiger partial charge in [-0.05, 0) is 83.5 Å². The van der Waals surface area contributed by atoms with E-state index in [-0.39, 0.29) is 25.6 Å². The summed E-state index contributed by atoms with van der Waals surface area (Å²) in [6, 6.07) is 0. The van der Waals surface area contributed by atoms with Crippen molar-refractivity contribution in [2.24, 2.45) is 0 Å². The molecule has 332 valence electrons. The Morgan fingerprint density at radius 1 is 0.552 bits per heavy atom. The van der Waals surface area contributed by atoms with E-state index in [9.17, 15) is 25.2 Å². The largest absolute Gasteiger partial charge is 0.457 e. The van der Waals surface area contributed by atoms with Crippen LogP contribution in [0, 0.1) is 0 Å². The monoisotopic (exact) mass is 815 g/mol. The Kier molecular flexibility index (Phi) is 36.6. The molecule has 0 aromatic rings. The highest BCUT2D eigenvalue weighted by atomic mass is 16.7. The number of carbonyl (C=O) groups excluding carboxylic acids is 1. The van der Waals surface area contributed by atoms with E-state index < -0.39 is 43.4 Å². The first-order valence-electron chi connectivity index (χ1n) is 22.7. The molecule has 0 aliphatic carbocycles. The Bertz CT molecular complexity index is 1150. The predicted octanol–water partition coefficient (Wildman–Crippen LogP) is 10.2. The van der Waals surface area contributed by atoms with Gasteiger partial charge >= 0.3 is 5.97 Å². The third-order valence-electron chi connectivity index (χ3n) is 9.81. The van der Waals surface area contributed by atoms with Crippen LogP contribution in [0.5, 0.6) is 0 Å². The van der Waals surface area contributed by atoms with Crippen molar-refractivity contribution >= 4 is 5.97 Å². The van der Waals surface area contributed by atoms with Crippen molar-refractivity contribution in [1.29, 1.82) is 0 Å². The fraction of sp³-hybridized carbons (Fsp3) is 0.694. The van der Waals surface area contributed by atoms with Crippen LogP contribution in [0.1, 0.15) is 155 Å². The summed E-state index contributed by atoms with van der Waals surface area (Å²) in [6.07, 6.45) is 46.1. The molecule has 1 aliphatic heterocycles. The maximum absolute atomic E-state index is 12.7. The van der Waals surface area contributed by atoms with Gasteiger partial charge < -0.3 is 39.4 Å². The van der Waals surface area contributed by atoms with E-state index in [0.717, 1.165) is 89.9 Å². The molecule has 6 unspecified atom stereocenters. The van der Waals surface area contributed by atoms with Crippen molar-refractivity contribution in [2.45, 2.75) is 192 Å². The first-order chi connectivity index (χ1) is 28.4. The first kappa shape index (κ1) is 53.4. The third kappa shape index (κ3) is 30.4. The van der Waals surface area contributed by atoms with Gasteiger partial charge in [0, 0.05) is 13.0 Å². The van der Waals surface area contributed by atoms with Crippen LogP contribution in [-0.2, 0) is 23.7 Å². The summed E-state index contributed by atoms with van der Waals surface area (Å²) in [7, 11) is 0. The van der Waals surface area contributed by atoms with Gasteiger partial charge in [0.2, 0.25) is 0 Å². The maximum Gasteiger partial charge on any atom is 0.306 e. The Morgan fingerprint density at radius 2 is 1.00 bits per heavy atom. The molecule has 0 aromatic carbocycles. The van der Waals surface area contributed by atoms with E-state index in [1.807, 2.05) is 0 Å². The second-order valence-corrected chi connectivity index (χ2v) is 15.1. The van der Waals surface area contributed by atoms with Gasteiger partial charge in [-0.3, -0.25) is 4.79 Å². The van der Waals surface area contributed by atoms with Crippen molar-refractivity contribution < 1.29 is 44.2 Å². The molecule has 58 heavy (non-hydrogen) atoms. The summed E-state index contributed by atoms with van der Waals surface area (Å²) in [4.78, 5) is 12.7. The van der Waals surface area contributed by atoms with Gasteiger partial charge in [-0.15, -0.1) is 0 Å². The van der Waals surface area contributed by atoms with Crippen molar-refractivity contribution in [3.8, 4) is 0 Å². The number of hydrogen-bond acceptors (Lipinski definition) is 9. The molecule has 0 spiro atoms. The van der Waals surface area contributed by atoms with Gasteiger partial charge in [0.05, 0.1) is 19.8 Å². The highest BCUT2D eigenvalue weighted by Gasteiger charge is 2.44. The molecule has 6 atom stereocenters. The second kappa shape index (κ2) is 39.8. The first-order valence-corrected chi connectivity index (χ1v) is 22.7. The van der Waals surface area contributed by atoms with E-state index in [0.29, 0.717) is 13.0 Å². The van der Waals surface area contributed by atoms with Gasteiger partial charge in [0.25, 0.3) is 0 Å². The molecule has 1 rings (SSSR count). The van der Waals surface area contributed by atoms with E-state index in [1.165, 1.54) is 38.5 Å². The number of esters is 1. The lowest BCUT2D eigenvalue weighted by molar-refractivity contribution is -0.305. The summed E-state index contributed by atoms with van der Waals surface area (Å²) in [5.41, 5.74) is 0. The molecule has 9 heteroatoms. The summed E-state index contributed by atoms with van der Waals surface area (Å²) < 4.78 is 22.8. The molecule has 9 nitrogen and oxygen atoms in total. The lowest BCUT2D eigenvalue weighted by atomic mass is 9.99. The number of carbonyl (C=O) groups is 1. The van der Waals surface area contributed by atoms with Crippen LogP contribution < -0.4 is 0 Å². The highest BCUT2D eigenvalue weighted by molar-refractivity contribution is 5.69. The van der Waals surface area contributed by atoms with Gasteiger partial charge in [0.15, 0.2) is 6.29 Å². The van der Waals surface area contributed by atoms with E-state index in [2.05, 4.69) is 98.9 Å². The molecule has 0 bridgehead atoms. The van der Waals surface area contributed by atoms with Crippen molar-refractivity contribution in [1.82, 2.24) is 0 Å². The SMILES string of the molecule is CC/C=C\C/C=C\C/C=C\C/C=C\CCCCCCCCCCCOCC(COC1OC(CO)C(O)C(O)C1O)OC(=O)CCCCC/C=C\C/C=C\C/C=C\CC. The molecular formula is C49H82O9. The lowest BCUT2D eigenvalue weighted by Crippen LogP contribution is -2.59. The molecule has 0 aromatic heterocycles. The van der Waals surface area contributed by atoms with E-state index >= 15 is 0 Å². The van der Waals surface area contributed by atoms with Gasteiger partial charge in [-0.25, -0.2) is 0 Å². The Morgan fingerprint density at radius 3 is 1.50 bits per heavy atom. The average Bonchev–Trinajstić information content (AvgIpc) is 3.22. The minimum Gasteiger partial charge on any atom is -0.457 e. The molecule has 1 heterocycles.